The predicted molar refractivity (Wildman–Crippen MR) is 104 cm³/mol. The number of nitrogens with zero attached hydrogens (tertiary/aromatic N) is 2. The summed E-state index contributed by atoms with van der Waals surface area (Å²) in [5.41, 5.74) is 3.47. The SMILES string of the molecule is COc1ccc(C#Cc2ccc(N=Nc3ccc(Br)cc3)cc2)cc1. The summed E-state index contributed by atoms with van der Waals surface area (Å²) in [6, 6.07) is 23.0. The van der Waals surface area contributed by atoms with Gasteiger partial charge in [0.15, 0.2) is 0 Å². The lowest BCUT2D eigenvalue weighted by atomic mass is 10.1. The number of hydrogen-bond donors (Lipinski definition) is 0. The molecule has 3 aromatic carbocycles. The molecule has 0 aliphatic heterocycles. The van der Waals surface area contributed by atoms with Crippen molar-refractivity contribution < 1.29 is 4.74 Å². The van der Waals surface area contributed by atoms with Crippen LogP contribution in [0.4, 0.5) is 11.4 Å². The molecule has 0 saturated carbocycles. The summed E-state index contributed by atoms with van der Waals surface area (Å²) >= 11 is 3.40. The fourth-order valence-electron chi connectivity index (χ4n) is 2.05. The van der Waals surface area contributed by atoms with Crippen LogP contribution in [0.5, 0.6) is 5.75 Å². The molecule has 0 unspecified atom stereocenters. The first-order chi connectivity index (χ1) is 12.2. The normalized spacial score (nSPS) is 10.3. The molecule has 0 heterocycles. The van der Waals surface area contributed by atoms with Gasteiger partial charge >= 0.3 is 0 Å². The van der Waals surface area contributed by atoms with Crippen LogP contribution < -0.4 is 4.74 Å². The molecule has 0 aliphatic carbocycles. The second kappa shape index (κ2) is 8.27. The summed E-state index contributed by atoms with van der Waals surface area (Å²) < 4.78 is 6.16. The Balaban J connectivity index is 1.67. The molecule has 3 nitrogen and oxygen atoms in total. The van der Waals surface area contributed by atoms with Crippen molar-refractivity contribution in [1.29, 1.82) is 0 Å². The molecule has 0 aromatic heterocycles. The zero-order valence-corrected chi connectivity index (χ0v) is 15.2. The van der Waals surface area contributed by atoms with Crippen molar-refractivity contribution in [3.63, 3.8) is 0 Å². The van der Waals surface area contributed by atoms with E-state index in [1.165, 1.54) is 0 Å². The van der Waals surface area contributed by atoms with Gasteiger partial charge in [-0.25, -0.2) is 0 Å². The van der Waals surface area contributed by atoms with Gasteiger partial charge in [-0.15, -0.1) is 0 Å². The molecule has 4 heteroatoms. The largest absolute Gasteiger partial charge is 0.497 e. The minimum absolute atomic E-state index is 0.790. The van der Waals surface area contributed by atoms with Gasteiger partial charge in [0.1, 0.15) is 5.75 Å². The van der Waals surface area contributed by atoms with Gasteiger partial charge in [-0.2, -0.15) is 10.2 Å². The van der Waals surface area contributed by atoms with Gasteiger partial charge in [-0.1, -0.05) is 27.8 Å². The number of ether oxygens (including phenoxy) is 1. The van der Waals surface area contributed by atoms with E-state index < -0.39 is 0 Å². The third kappa shape index (κ3) is 5.03. The van der Waals surface area contributed by atoms with Gasteiger partial charge in [0, 0.05) is 15.6 Å². The number of hydrogen-bond acceptors (Lipinski definition) is 3. The highest BCUT2D eigenvalue weighted by Crippen LogP contribution is 2.20. The molecular formula is C21H15BrN2O. The standard InChI is InChI=1S/C21H15BrN2O/c1-25-21-14-6-17(7-15-21)3-2-16-4-10-19(11-5-16)23-24-20-12-8-18(22)9-13-20/h4-15H,1H3. The molecule has 0 spiro atoms. The van der Waals surface area contributed by atoms with Crippen LogP contribution >= 0.6 is 15.9 Å². The maximum Gasteiger partial charge on any atom is 0.118 e. The Morgan fingerprint density at radius 2 is 1.12 bits per heavy atom. The number of benzene rings is 3. The first-order valence-electron chi connectivity index (χ1n) is 7.66. The number of halogens is 1. The smallest absolute Gasteiger partial charge is 0.118 e. The quantitative estimate of drug-likeness (QED) is 0.383. The van der Waals surface area contributed by atoms with Crippen molar-refractivity contribution in [3.05, 3.63) is 88.4 Å². The van der Waals surface area contributed by atoms with Crippen molar-refractivity contribution in [2.45, 2.75) is 0 Å². The van der Waals surface area contributed by atoms with Crippen molar-refractivity contribution in [3.8, 4) is 17.6 Å². The molecule has 0 aliphatic rings. The molecule has 3 aromatic rings. The van der Waals surface area contributed by atoms with E-state index in [-0.39, 0.29) is 0 Å². The minimum Gasteiger partial charge on any atom is -0.497 e. The summed E-state index contributed by atoms with van der Waals surface area (Å²) in [5, 5.41) is 8.45. The van der Waals surface area contributed by atoms with Crippen molar-refractivity contribution >= 4 is 27.3 Å². The summed E-state index contributed by atoms with van der Waals surface area (Å²) in [5.74, 6) is 7.09. The predicted octanol–water partition coefficient (Wildman–Crippen LogP) is 6.27. The Hall–Kier alpha value is -2.90. The van der Waals surface area contributed by atoms with E-state index in [0.29, 0.717) is 0 Å². The van der Waals surface area contributed by atoms with Gasteiger partial charge in [-0.3, -0.25) is 0 Å². The summed E-state index contributed by atoms with van der Waals surface area (Å²) in [6.45, 7) is 0. The van der Waals surface area contributed by atoms with Crippen LogP contribution in [0.25, 0.3) is 0 Å². The van der Waals surface area contributed by atoms with Gasteiger partial charge in [0.2, 0.25) is 0 Å². The Bertz CT molecular complexity index is 919. The van der Waals surface area contributed by atoms with Gasteiger partial charge in [0.25, 0.3) is 0 Å². The fraction of sp³-hybridized carbons (Fsp3) is 0.0476. The number of rotatable bonds is 3. The lowest BCUT2D eigenvalue weighted by Gasteiger charge is -1.97. The monoisotopic (exact) mass is 390 g/mol. The molecule has 0 radical (unpaired) electrons. The molecule has 25 heavy (non-hydrogen) atoms. The van der Waals surface area contributed by atoms with Gasteiger partial charge in [-0.05, 0) is 72.8 Å². The van der Waals surface area contributed by atoms with E-state index in [9.17, 15) is 0 Å². The third-order valence-electron chi connectivity index (χ3n) is 3.42. The van der Waals surface area contributed by atoms with E-state index >= 15 is 0 Å². The van der Waals surface area contributed by atoms with Crippen LogP contribution in [0.1, 0.15) is 11.1 Å². The van der Waals surface area contributed by atoms with Crippen molar-refractivity contribution in [1.82, 2.24) is 0 Å². The molecule has 0 N–H and O–H groups in total. The van der Waals surface area contributed by atoms with Crippen molar-refractivity contribution in [2.75, 3.05) is 7.11 Å². The third-order valence-corrected chi connectivity index (χ3v) is 3.94. The Kier molecular flexibility index (Phi) is 5.61. The van der Waals surface area contributed by atoms with Crippen LogP contribution in [0, 0.1) is 11.8 Å². The molecule has 0 bridgehead atoms. The molecule has 3 rings (SSSR count). The van der Waals surface area contributed by atoms with Crippen molar-refractivity contribution in [2.24, 2.45) is 10.2 Å². The van der Waals surface area contributed by atoms with Crippen LogP contribution in [0.3, 0.4) is 0 Å². The highest BCUT2D eigenvalue weighted by molar-refractivity contribution is 9.10. The summed E-state index contributed by atoms with van der Waals surface area (Å²) in [6.07, 6.45) is 0. The number of methoxy groups -OCH3 is 1. The molecular weight excluding hydrogens is 376 g/mol. The molecule has 0 atom stereocenters. The first-order valence-corrected chi connectivity index (χ1v) is 8.46. The molecule has 0 fully saturated rings. The van der Waals surface area contributed by atoms with Crippen LogP contribution in [0.2, 0.25) is 0 Å². The molecule has 0 amide bonds. The highest BCUT2D eigenvalue weighted by atomic mass is 79.9. The topological polar surface area (TPSA) is 34.0 Å². The zero-order chi connectivity index (χ0) is 17.5. The summed E-state index contributed by atoms with van der Waals surface area (Å²) in [4.78, 5) is 0. The lowest BCUT2D eigenvalue weighted by molar-refractivity contribution is 0.415. The molecule has 0 saturated heterocycles. The Morgan fingerprint density at radius 3 is 1.60 bits per heavy atom. The average Bonchev–Trinajstić information content (AvgIpc) is 2.67. The van der Waals surface area contributed by atoms with E-state index in [2.05, 4.69) is 38.0 Å². The second-order valence-electron chi connectivity index (χ2n) is 5.20. The van der Waals surface area contributed by atoms with Gasteiger partial charge in [0.05, 0.1) is 18.5 Å². The van der Waals surface area contributed by atoms with Crippen LogP contribution in [-0.4, -0.2) is 7.11 Å². The van der Waals surface area contributed by atoms with E-state index in [1.54, 1.807) is 7.11 Å². The minimum atomic E-state index is 0.790. The van der Waals surface area contributed by atoms with E-state index in [4.69, 9.17) is 4.74 Å². The van der Waals surface area contributed by atoms with Crippen LogP contribution in [-0.2, 0) is 0 Å². The van der Waals surface area contributed by atoms with E-state index in [0.717, 1.165) is 32.7 Å². The van der Waals surface area contributed by atoms with E-state index in [1.807, 2.05) is 72.8 Å². The first kappa shape index (κ1) is 16.9. The van der Waals surface area contributed by atoms with Gasteiger partial charge < -0.3 is 4.74 Å². The molecule has 122 valence electrons. The number of azo groups is 1. The summed E-state index contributed by atoms with van der Waals surface area (Å²) in [7, 11) is 1.65. The Morgan fingerprint density at radius 1 is 0.680 bits per heavy atom. The highest BCUT2D eigenvalue weighted by Gasteiger charge is 1.93. The maximum absolute atomic E-state index is 5.14. The Labute approximate surface area is 155 Å². The zero-order valence-electron chi connectivity index (χ0n) is 13.6. The maximum atomic E-state index is 5.14. The lowest BCUT2D eigenvalue weighted by Crippen LogP contribution is -1.82. The fourth-order valence-corrected chi connectivity index (χ4v) is 2.32. The second-order valence-corrected chi connectivity index (χ2v) is 6.12. The van der Waals surface area contributed by atoms with Crippen LogP contribution in [0.15, 0.2) is 87.5 Å². The average molecular weight is 391 g/mol.